The summed E-state index contributed by atoms with van der Waals surface area (Å²) in [6, 6.07) is -0.988. The van der Waals surface area contributed by atoms with Crippen molar-refractivity contribution in [2.45, 2.75) is 25.4 Å². The first-order valence-corrected chi connectivity index (χ1v) is 5.75. The van der Waals surface area contributed by atoms with Gasteiger partial charge in [0.15, 0.2) is 0 Å². The number of urea groups is 1. The zero-order valence-corrected chi connectivity index (χ0v) is 9.85. The maximum Gasteiger partial charge on any atom is 0.405 e. The minimum Gasteiger partial charge on any atom is -0.341 e. The molecule has 0 aromatic heterocycles. The Bertz CT molecular complexity index is 301. The van der Waals surface area contributed by atoms with Crippen molar-refractivity contribution in [2.75, 3.05) is 26.2 Å². The zero-order chi connectivity index (χ0) is 13.6. The number of amides is 3. The molecule has 0 bridgehead atoms. The first kappa shape index (κ1) is 14.6. The van der Waals surface area contributed by atoms with Gasteiger partial charge in [0.2, 0.25) is 5.91 Å². The molecular weight excluding hydrogens is 251 g/mol. The third-order valence-electron chi connectivity index (χ3n) is 2.56. The van der Waals surface area contributed by atoms with Crippen LogP contribution in [0.25, 0.3) is 0 Å². The van der Waals surface area contributed by atoms with Gasteiger partial charge in [0, 0.05) is 13.1 Å². The fourth-order valence-corrected chi connectivity index (χ4v) is 1.65. The number of hydrogen-bond donors (Lipinski definition) is 2. The van der Waals surface area contributed by atoms with Crippen LogP contribution in [0.4, 0.5) is 18.0 Å². The number of carbonyl (C=O) groups is 2. The molecule has 0 spiro atoms. The van der Waals surface area contributed by atoms with Crippen LogP contribution in [0.15, 0.2) is 0 Å². The Hall–Kier alpha value is -1.47. The maximum absolute atomic E-state index is 11.8. The third kappa shape index (κ3) is 5.74. The van der Waals surface area contributed by atoms with E-state index in [0.717, 1.165) is 19.3 Å². The van der Waals surface area contributed by atoms with E-state index in [1.54, 1.807) is 10.2 Å². The number of likely N-dealkylation sites (tertiary alicyclic amines) is 1. The van der Waals surface area contributed by atoms with E-state index in [0.29, 0.717) is 13.1 Å². The normalized spacial score (nSPS) is 16.3. The van der Waals surface area contributed by atoms with E-state index < -0.39 is 18.8 Å². The minimum absolute atomic E-state index is 0.267. The van der Waals surface area contributed by atoms with Gasteiger partial charge < -0.3 is 15.5 Å². The van der Waals surface area contributed by atoms with Crippen LogP contribution < -0.4 is 10.6 Å². The lowest BCUT2D eigenvalue weighted by atomic mass is 10.1. The summed E-state index contributed by atoms with van der Waals surface area (Å²) in [7, 11) is 0. The summed E-state index contributed by atoms with van der Waals surface area (Å²) >= 11 is 0. The molecule has 0 aromatic carbocycles. The van der Waals surface area contributed by atoms with Crippen LogP contribution in [0.2, 0.25) is 0 Å². The van der Waals surface area contributed by atoms with E-state index in [9.17, 15) is 22.8 Å². The van der Waals surface area contributed by atoms with Crippen molar-refractivity contribution in [1.29, 1.82) is 0 Å². The molecule has 1 rings (SSSR count). The molecule has 1 aliphatic rings. The highest BCUT2D eigenvalue weighted by atomic mass is 19.4. The first-order valence-electron chi connectivity index (χ1n) is 5.75. The Morgan fingerprint density at radius 1 is 1.06 bits per heavy atom. The van der Waals surface area contributed by atoms with E-state index in [-0.39, 0.29) is 12.5 Å². The Morgan fingerprint density at radius 2 is 1.67 bits per heavy atom. The number of carbonyl (C=O) groups excluding carboxylic acids is 2. The van der Waals surface area contributed by atoms with Gasteiger partial charge in [-0.15, -0.1) is 0 Å². The van der Waals surface area contributed by atoms with Gasteiger partial charge in [-0.3, -0.25) is 4.79 Å². The molecule has 0 aliphatic carbocycles. The molecule has 2 N–H and O–H groups in total. The largest absolute Gasteiger partial charge is 0.405 e. The lowest BCUT2D eigenvalue weighted by molar-refractivity contribution is -0.130. The molecule has 1 aliphatic heterocycles. The van der Waals surface area contributed by atoms with Crippen LogP contribution >= 0.6 is 0 Å². The molecule has 1 fully saturated rings. The van der Waals surface area contributed by atoms with Crippen LogP contribution in [0.3, 0.4) is 0 Å². The van der Waals surface area contributed by atoms with E-state index in [4.69, 9.17) is 0 Å². The predicted molar refractivity (Wildman–Crippen MR) is 57.9 cm³/mol. The van der Waals surface area contributed by atoms with E-state index in [1.165, 1.54) is 0 Å². The number of halogens is 3. The molecule has 3 amide bonds. The minimum atomic E-state index is -4.45. The number of piperidine rings is 1. The second-order valence-electron chi connectivity index (χ2n) is 4.09. The van der Waals surface area contributed by atoms with Gasteiger partial charge in [-0.25, -0.2) is 4.79 Å². The number of alkyl halides is 3. The Morgan fingerprint density at radius 3 is 2.22 bits per heavy atom. The summed E-state index contributed by atoms with van der Waals surface area (Å²) in [4.78, 5) is 24.2. The molecule has 0 atom stereocenters. The second kappa shape index (κ2) is 6.46. The van der Waals surface area contributed by atoms with Crippen molar-refractivity contribution >= 4 is 11.9 Å². The standard InChI is InChI=1S/C10H16F3N3O2/c11-10(12,13)7-15-9(18)14-6-8(17)16-4-2-1-3-5-16/h1-7H2,(H2,14,15,18). The quantitative estimate of drug-likeness (QED) is 0.796. The highest BCUT2D eigenvalue weighted by Crippen LogP contribution is 2.12. The van der Waals surface area contributed by atoms with Crippen molar-refractivity contribution in [2.24, 2.45) is 0 Å². The summed E-state index contributed by atoms with van der Waals surface area (Å²) in [5, 5.41) is 3.75. The molecule has 0 unspecified atom stereocenters. The van der Waals surface area contributed by atoms with E-state index >= 15 is 0 Å². The van der Waals surface area contributed by atoms with Gasteiger partial charge in [0.1, 0.15) is 6.54 Å². The van der Waals surface area contributed by atoms with Crippen LogP contribution in [0.1, 0.15) is 19.3 Å². The monoisotopic (exact) mass is 267 g/mol. The summed E-state index contributed by atoms with van der Waals surface area (Å²) in [6.07, 6.45) is -1.53. The lowest BCUT2D eigenvalue weighted by Crippen LogP contribution is -2.46. The Kier molecular flexibility index (Phi) is 5.24. The molecule has 1 saturated heterocycles. The van der Waals surface area contributed by atoms with Gasteiger partial charge in [-0.2, -0.15) is 13.2 Å². The summed E-state index contributed by atoms with van der Waals surface area (Å²) in [5.74, 6) is -0.267. The topological polar surface area (TPSA) is 61.4 Å². The maximum atomic E-state index is 11.8. The molecule has 5 nitrogen and oxygen atoms in total. The van der Waals surface area contributed by atoms with Crippen molar-refractivity contribution < 1.29 is 22.8 Å². The van der Waals surface area contributed by atoms with Crippen molar-refractivity contribution in [3.63, 3.8) is 0 Å². The highest BCUT2D eigenvalue weighted by Gasteiger charge is 2.27. The number of hydrogen-bond acceptors (Lipinski definition) is 2. The van der Waals surface area contributed by atoms with Gasteiger partial charge in [-0.05, 0) is 19.3 Å². The summed E-state index contributed by atoms with van der Waals surface area (Å²) in [6.45, 7) is -0.393. The zero-order valence-electron chi connectivity index (χ0n) is 9.85. The number of nitrogens with one attached hydrogen (secondary N) is 2. The second-order valence-corrected chi connectivity index (χ2v) is 4.09. The molecule has 0 radical (unpaired) electrons. The number of nitrogens with zero attached hydrogens (tertiary/aromatic N) is 1. The molecule has 104 valence electrons. The fourth-order valence-electron chi connectivity index (χ4n) is 1.65. The van der Waals surface area contributed by atoms with Crippen LogP contribution in [-0.4, -0.2) is 49.2 Å². The SMILES string of the molecule is O=C(NCC(=O)N1CCCCC1)NCC(F)(F)F. The first-order chi connectivity index (χ1) is 8.38. The molecule has 0 saturated carbocycles. The van der Waals surface area contributed by atoms with Crippen LogP contribution in [0.5, 0.6) is 0 Å². The Labute approximate surface area is 103 Å². The molecule has 18 heavy (non-hydrogen) atoms. The number of rotatable bonds is 3. The van der Waals surface area contributed by atoms with Gasteiger partial charge in [-0.1, -0.05) is 0 Å². The van der Waals surface area contributed by atoms with Crippen molar-refractivity contribution in [1.82, 2.24) is 15.5 Å². The van der Waals surface area contributed by atoms with Crippen molar-refractivity contribution in [3.05, 3.63) is 0 Å². The smallest absolute Gasteiger partial charge is 0.341 e. The summed E-state index contributed by atoms with van der Waals surface area (Å²) < 4.78 is 35.4. The van der Waals surface area contributed by atoms with E-state index in [1.807, 2.05) is 0 Å². The third-order valence-corrected chi connectivity index (χ3v) is 2.56. The Balaban J connectivity index is 2.19. The highest BCUT2D eigenvalue weighted by molar-refractivity contribution is 5.84. The van der Waals surface area contributed by atoms with Gasteiger partial charge >= 0.3 is 12.2 Å². The molecule has 8 heteroatoms. The van der Waals surface area contributed by atoms with Crippen LogP contribution in [0, 0.1) is 0 Å². The average Bonchev–Trinajstić information content (AvgIpc) is 2.33. The van der Waals surface area contributed by atoms with E-state index in [2.05, 4.69) is 5.32 Å². The molecule has 1 heterocycles. The van der Waals surface area contributed by atoms with Gasteiger partial charge in [0.05, 0.1) is 6.54 Å². The average molecular weight is 267 g/mol. The van der Waals surface area contributed by atoms with Crippen molar-refractivity contribution in [3.8, 4) is 0 Å². The van der Waals surface area contributed by atoms with Crippen LogP contribution in [-0.2, 0) is 4.79 Å². The molecular formula is C10H16F3N3O2. The molecule has 0 aromatic rings. The lowest BCUT2D eigenvalue weighted by Gasteiger charge is -2.26. The fraction of sp³-hybridized carbons (Fsp3) is 0.800. The summed E-state index contributed by atoms with van der Waals surface area (Å²) in [5.41, 5.74) is 0. The van der Waals surface area contributed by atoms with Gasteiger partial charge in [0.25, 0.3) is 0 Å². The predicted octanol–water partition coefficient (Wildman–Crippen LogP) is 0.860.